The molecule has 1 aromatic rings. The molecule has 0 heterocycles. The number of rotatable bonds is 7. The van der Waals surface area contributed by atoms with E-state index in [0.717, 1.165) is 37.7 Å². The minimum absolute atomic E-state index is 0.0386. The van der Waals surface area contributed by atoms with Crippen molar-refractivity contribution in [1.82, 2.24) is 16.2 Å². The fraction of sp³-hybridized carbons (Fsp3) is 0.450. The molecule has 146 valence electrons. The van der Waals surface area contributed by atoms with Gasteiger partial charge in [-0.15, -0.1) is 0 Å². The van der Waals surface area contributed by atoms with Crippen LogP contribution in [-0.4, -0.2) is 23.8 Å². The maximum absolute atomic E-state index is 12.0. The second-order valence-corrected chi connectivity index (χ2v) is 6.77. The fourth-order valence-corrected chi connectivity index (χ4v) is 2.98. The molecule has 2 rings (SSSR count). The van der Waals surface area contributed by atoms with Gasteiger partial charge in [0.15, 0.2) is 0 Å². The molecule has 7 heteroatoms. The zero-order valence-electron chi connectivity index (χ0n) is 15.8. The fourth-order valence-electron chi connectivity index (χ4n) is 2.98. The Morgan fingerprint density at radius 3 is 2.30 bits per heavy atom. The van der Waals surface area contributed by atoms with Crippen molar-refractivity contribution in [3.63, 3.8) is 0 Å². The molecule has 0 unspecified atom stereocenters. The van der Waals surface area contributed by atoms with Crippen LogP contribution in [0.2, 0.25) is 0 Å². The first-order valence-corrected chi connectivity index (χ1v) is 9.41. The number of aryl methyl sites for hydroxylation is 1. The third kappa shape index (κ3) is 7.13. The van der Waals surface area contributed by atoms with Crippen LogP contribution < -0.4 is 21.5 Å². The smallest absolute Gasteiger partial charge is 0.327 e. The lowest BCUT2D eigenvalue weighted by atomic mass is 9.95. The number of carbonyl (C=O) groups excluding carboxylic acids is 3. The number of anilines is 1. The van der Waals surface area contributed by atoms with E-state index in [1.165, 1.54) is 6.42 Å². The molecule has 4 N–H and O–H groups in total. The van der Waals surface area contributed by atoms with E-state index in [2.05, 4.69) is 28.1 Å². The summed E-state index contributed by atoms with van der Waals surface area (Å²) >= 11 is 0. The van der Waals surface area contributed by atoms with Gasteiger partial charge in [-0.1, -0.05) is 44.9 Å². The number of hydrazine groups is 1. The molecule has 27 heavy (non-hydrogen) atoms. The van der Waals surface area contributed by atoms with Crippen LogP contribution in [0.25, 0.3) is 0 Å². The molecule has 0 saturated heterocycles. The van der Waals surface area contributed by atoms with Crippen molar-refractivity contribution in [3.05, 3.63) is 42.1 Å². The van der Waals surface area contributed by atoms with Crippen LogP contribution >= 0.6 is 0 Å². The first kappa shape index (κ1) is 20.5. The normalized spacial score (nSPS) is 14.1. The second kappa shape index (κ2) is 10.4. The van der Waals surface area contributed by atoms with E-state index < -0.39 is 11.8 Å². The molecule has 1 fully saturated rings. The summed E-state index contributed by atoms with van der Waals surface area (Å²) in [6.45, 7) is 5.74. The number of benzene rings is 1. The summed E-state index contributed by atoms with van der Waals surface area (Å²) in [5.74, 6) is -1.80. The third-order valence-electron chi connectivity index (χ3n) is 4.52. The lowest BCUT2D eigenvalue weighted by Crippen LogP contribution is -2.44. The lowest BCUT2D eigenvalue weighted by Gasteiger charge is -2.23. The monoisotopic (exact) mass is 372 g/mol. The van der Waals surface area contributed by atoms with Crippen molar-refractivity contribution in [2.24, 2.45) is 0 Å². The number of hydrogen-bond acceptors (Lipinski definition) is 4. The summed E-state index contributed by atoms with van der Waals surface area (Å²) in [4.78, 5) is 35.7. The number of carbonyl (C=O) groups is 3. The van der Waals surface area contributed by atoms with E-state index >= 15 is 0 Å². The summed E-state index contributed by atoms with van der Waals surface area (Å²) in [5.41, 5.74) is 6.77. The maximum atomic E-state index is 12.0. The van der Waals surface area contributed by atoms with Gasteiger partial charge in [0, 0.05) is 17.4 Å². The summed E-state index contributed by atoms with van der Waals surface area (Å²) in [6.07, 6.45) is 6.43. The average molecular weight is 372 g/mol. The van der Waals surface area contributed by atoms with Gasteiger partial charge in [0.2, 0.25) is 5.91 Å². The zero-order chi connectivity index (χ0) is 19.6. The first-order valence-electron chi connectivity index (χ1n) is 9.41. The van der Waals surface area contributed by atoms with Crippen LogP contribution in [0, 0.1) is 0 Å². The molecule has 0 radical (unpaired) electrons. The van der Waals surface area contributed by atoms with Gasteiger partial charge in [-0.25, -0.2) is 0 Å². The highest BCUT2D eigenvalue weighted by molar-refractivity contribution is 6.39. The van der Waals surface area contributed by atoms with Crippen LogP contribution in [0.4, 0.5) is 5.69 Å². The molecule has 0 aromatic heterocycles. The minimum atomic E-state index is -0.858. The quantitative estimate of drug-likeness (QED) is 0.435. The van der Waals surface area contributed by atoms with Gasteiger partial charge < -0.3 is 16.1 Å². The Bertz CT molecular complexity index is 679. The zero-order valence-corrected chi connectivity index (χ0v) is 15.8. The van der Waals surface area contributed by atoms with Gasteiger partial charge in [0.25, 0.3) is 0 Å². The van der Waals surface area contributed by atoms with Crippen molar-refractivity contribution in [1.29, 1.82) is 0 Å². The molecule has 0 spiro atoms. The molecule has 0 bridgehead atoms. The van der Waals surface area contributed by atoms with E-state index in [4.69, 9.17) is 0 Å². The van der Waals surface area contributed by atoms with E-state index in [1.807, 2.05) is 19.1 Å². The molecule has 7 nitrogen and oxygen atoms in total. The summed E-state index contributed by atoms with van der Waals surface area (Å²) in [5, 5.41) is 5.48. The van der Waals surface area contributed by atoms with Crippen molar-refractivity contribution >= 4 is 23.4 Å². The molecule has 1 aliphatic rings. The van der Waals surface area contributed by atoms with Crippen molar-refractivity contribution in [3.8, 4) is 0 Å². The Balaban J connectivity index is 1.69. The molecule has 0 aliphatic heterocycles. The molecular formula is C20H28N4O3. The van der Waals surface area contributed by atoms with Gasteiger partial charge in [-0.3, -0.25) is 19.8 Å². The van der Waals surface area contributed by atoms with Crippen LogP contribution in [0.15, 0.2) is 36.5 Å². The molecule has 1 aromatic carbocycles. The predicted octanol–water partition coefficient (Wildman–Crippen LogP) is 2.16. The standard InChI is InChI=1S/C20H28N4O3/c1-3-15-9-11-17(12-10-15)22-19(26)20(27)24-23-14(2)13-18(25)21-16-7-5-4-6-8-16/h9-12,16,23H,2-8,13H2,1H3,(H,21,25)(H,22,26)(H,24,27). The largest absolute Gasteiger partial charge is 0.353 e. The number of nitrogens with one attached hydrogen (secondary N) is 4. The Labute approximate surface area is 159 Å². The summed E-state index contributed by atoms with van der Waals surface area (Å²) in [6, 6.07) is 7.48. The van der Waals surface area contributed by atoms with Crippen molar-refractivity contribution in [2.75, 3.05) is 5.32 Å². The van der Waals surface area contributed by atoms with E-state index in [9.17, 15) is 14.4 Å². The van der Waals surface area contributed by atoms with Crippen LogP contribution in [-0.2, 0) is 20.8 Å². The van der Waals surface area contributed by atoms with Gasteiger partial charge in [0.05, 0.1) is 6.42 Å². The first-order chi connectivity index (χ1) is 13.0. The van der Waals surface area contributed by atoms with Gasteiger partial charge in [0.1, 0.15) is 0 Å². The highest BCUT2D eigenvalue weighted by Crippen LogP contribution is 2.17. The van der Waals surface area contributed by atoms with Crippen LogP contribution in [0.1, 0.15) is 51.0 Å². The Morgan fingerprint density at radius 2 is 1.67 bits per heavy atom. The number of hydrogen-bond donors (Lipinski definition) is 4. The summed E-state index contributed by atoms with van der Waals surface area (Å²) < 4.78 is 0. The molecular weight excluding hydrogens is 344 g/mol. The maximum Gasteiger partial charge on any atom is 0.327 e. The molecule has 1 aliphatic carbocycles. The molecule has 1 saturated carbocycles. The molecule has 0 atom stereocenters. The minimum Gasteiger partial charge on any atom is -0.353 e. The lowest BCUT2D eigenvalue weighted by molar-refractivity contribution is -0.136. The SMILES string of the molecule is C=C(CC(=O)NC1CCCCC1)NNC(=O)C(=O)Nc1ccc(CC)cc1. The van der Waals surface area contributed by atoms with Crippen molar-refractivity contribution in [2.45, 2.75) is 57.9 Å². The predicted molar refractivity (Wildman–Crippen MR) is 105 cm³/mol. The number of amides is 3. The average Bonchev–Trinajstić information content (AvgIpc) is 2.67. The van der Waals surface area contributed by atoms with E-state index in [-0.39, 0.29) is 18.4 Å². The van der Waals surface area contributed by atoms with Gasteiger partial charge in [-0.05, 0) is 37.0 Å². The van der Waals surface area contributed by atoms with Gasteiger partial charge >= 0.3 is 11.8 Å². The van der Waals surface area contributed by atoms with Crippen LogP contribution in [0.3, 0.4) is 0 Å². The second-order valence-electron chi connectivity index (χ2n) is 6.77. The summed E-state index contributed by atoms with van der Waals surface area (Å²) in [7, 11) is 0. The third-order valence-corrected chi connectivity index (χ3v) is 4.52. The Morgan fingerprint density at radius 1 is 1.00 bits per heavy atom. The van der Waals surface area contributed by atoms with Crippen molar-refractivity contribution < 1.29 is 14.4 Å². The van der Waals surface area contributed by atoms with E-state index in [0.29, 0.717) is 11.4 Å². The van der Waals surface area contributed by atoms with E-state index in [1.54, 1.807) is 12.1 Å². The Hall–Kier alpha value is -2.83. The highest BCUT2D eigenvalue weighted by Gasteiger charge is 2.17. The van der Waals surface area contributed by atoms with Gasteiger partial charge in [-0.2, -0.15) is 0 Å². The topological polar surface area (TPSA) is 99.3 Å². The van der Waals surface area contributed by atoms with Crippen LogP contribution in [0.5, 0.6) is 0 Å². The Kier molecular flexibility index (Phi) is 7.85. The molecule has 3 amide bonds. The highest BCUT2D eigenvalue weighted by atomic mass is 16.2.